The van der Waals surface area contributed by atoms with E-state index < -0.39 is 11.9 Å². The molecule has 0 spiro atoms. The van der Waals surface area contributed by atoms with Crippen LogP contribution < -0.4 is 5.32 Å². The summed E-state index contributed by atoms with van der Waals surface area (Å²) in [5.41, 5.74) is 0.150. The zero-order chi connectivity index (χ0) is 15.5. The normalized spacial score (nSPS) is 10.4. The number of carbonyl (C=O) groups excluding carboxylic acids is 1. The minimum atomic E-state index is -1.14. The zero-order valence-electron chi connectivity index (χ0n) is 11.0. The number of aromatic carboxylic acids is 1. The highest BCUT2D eigenvalue weighted by Gasteiger charge is 2.16. The molecule has 3 aromatic rings. The molecule has 0 radical (unpaired) electrons. The quantitative estimate of drug-likeness (QED) is 0.631. The van der Waals surface area contributed by atoms with Crippen molar-refractivity contribution in [3.8, 4) is 5.95 Å². The number of carboxylic acid groups (broad SMARTS) is 1. The van der Waals surface area contributed by atoms with Crippen molar-refractivity contribution in [2.45, 2.75) is 0 Å². The summed E-state index contributed by atoms with van der Waals surface area (Å²) in [6, 6.07) is 6.06. The zero-order valence-corrected chi connectivity index (χ0v) is 11.0. The number of para-hydroxylation sites is 1. The molecule has 0 bridgehead atoms. The second kappa shape index (κ2) is 5.44. The van der Waals surface area contributed by atoms with Crippen molar-refractivity contribution in [2.24, 2.45) is 0 Å². The van der Waals surface area contributed by atoms with Gasteiger partial charge in [0.2, 0.25) is 5.82 Å². The van der Waals surface area contributed by atoms with E-state index >= 15 is 0 Å². The molecule has 0 unspecified atom stereocenters. The lowest BCUT2D eigenvalue weighted by atomic mass is 10.2. The maximum absolute atomic E-state index is 12.1. The van der Waals surface area contributed by atoms with Gasteiger partial charge in [-0.3, -0.25) is 14.5 Å². The average Bonchev–Trinajstić information content (AvgIpc) is 3.18. The summed E-state index contributed by atoms with van der Waals surface area (Å²) in [5, 5.41) is 25.1. The summed E-state index contributed by atoms with van der Waals surface area (Å²) in [7, 11) is 0. The topological polar surface area (TPSA) is 139 Å². The number of hydrogen-bond acceptors (Lipinski definition) is 6. The van der Waals surface area contributed by atoms with Crippen molar-refractivity contribution >= 4 is 17.6 Å². The van der Waals surface area contributed by atoms with Crippen LogP contribution in [0.2, 0.25) is 0 Å². The van der Waals surface area contributed by atoms with Crippen LogP contribution >= 0.6 is 0 Å². The lowest BCUT2D eigenvalue weighted by molar-refractivity contribution is 0.0698. The number of nitrogens with one attached hydrogen (secondary N) is 2. The molecule has 0 aliphatic carbocycles. The highest BCUT2D eigenvalue weighted by Crippen LogP contribution is 2.15. The third kappa shape index (κ3) is 2.52. The molecule has 0 aliphatic rings. The summed E-state index contributed by atoms with van der Waals surface area (Å²) in [6.07, 6.45) is 2.76. The first-order valence-electron chi connectivity index (χ1n) is 6.06. The second-order valence-electron chi connectivity index (χ2n) is 4.16. The number of carboxylic acids is 1. The summed E-state index contributed by atoms with van der Waals surface area (Å²) < 4.78 is 1.42. The largest absolute Gasteiger partial charge is 0.478 e. The fraction of sp³-hybridized carbons (Fsp3) is 0. The SMILES string of the molecule is O=C(Nc1ccccc1C(=O)O)c1nc(-n2cnnc2)n[nH]1. The molecule has 2 aromatic heterocycles. The molecule has 110 valence electrons. The van der Waals surface area contributed by atoms with E-state index in [9.17, 15) is 9.59 Å². The van der Waals surface area contributed by atoms with E-state index in [1.165, 1.54) is 29.4 Å². The molecule has 1 amide bonds. The van der Waals surface area contributed by atoms with Crippen LogP contribution in [0.4, 0.5) is 5.69 Å². The van der Waals surface area contributed by atoms with Crippen LogP contribution in [0.5, 0.6) is 0 Å². The minimum absolute atomic E-state index is 0.0191. The Labute approximate surface area is 122 Å². The number of anilines is 1. The first-order valence-corrected chi connectivity index (χ1v) is 6.06. The Kier molecular flexibility index (Phi) is 3.32. The summed E-state index contributed by atoms with van der Waals surface area (Å²) in [5.74, 6) is -1.62. The Bertz CT molecular complexity index is 825. The second-order valence-corrected chi connectivity index (χ2v) is 4.16. The van der Waals surface area contributed by atoms with Gasteiger partial charge < -0.3 is 10.4 Å². The first-order chi connectivity index (χ1) is 10.6. The van der Waals surface area contributed by atoms with Crippen LogP contribution in [-0.4, -0.2) is 46.9 Å². The van der Waals surface area contributed by atoms with Crippen molar-refractivity contribution in [3.05, 3.63) is 48.3 Å². The molecule has 0 aliphatic heterocycles. The number of benzene rings is 1. The summed E-state index contributed by atoms with van der Waals surface area (Å²) in [6.45, 7) is 0. The molecular formula is C12H9N7O3. The molecule has 0 saturated carbocycles. The lowest BCUT2D eigenvalue weighted by Crippen LogP contribution is -2.16. The molecule has 3 N–H and O–H groups in total. The molecule has 0 saturated heterocycles. The fourth-order valence-corrected chi connectivity index (χ4v) is 1.73. The van der Waals surface area contributed by atoms with E-state index in [-0.39, 0.29) is 23.0 Å². The Hall–Kier alpha value is -3.56. The Morgan fingerprint density at radius 3 is 2.64 bits per heavy atom. The molecule has 2 heterocycles. The van der Waals surface area contributed by atoms with Gasteiger partial charge in [0.15, 0.2) is 0 Å². The molecule has 10 nitrogen and oxygen atoms in total. The fourth-order valence-electron chi connectivity index (χ4n) is 1.73. The average molecular weight is 299 g/mol. The lowest BCUT2D eigenvalue weighted by Gasteiger charge is -2.06. The van der Waals surface area contributed by atoms with Crippen LogP contribution in [0.1, 0.15) is 21.0 Å². The van der Waals surface area contributed by atoms with Crippen LogP contribution in [0.15, 0.2) is 36.9 Å². The highest BCUT2D eigenvalue weighted by molar-refractivity contribution is 6.05. The molecule has 0 atom stereocenters. The van der Waals surface area contributed by atoms with Crippen LogP contribution in [0.25, 0.3) is 5.95 Å². The van der Waals surface area contributed by atoms with Crippen molar-refractivity contribution < 1.29 is 14.7 Å². The van der Waals surface area contributed by atoms with E-state index in [1.54, 1.807) is 12.1 Å². The highest BCUT2D eigenvalue weighted by atomic mass is 16.4. The molecule has 1 aromatic carbocycles. The Morgan fingerprint density at radius 2 is 1.91 bits per heavy atom. The van der Waals surface area contributed by atoms with Gasteiger partial charge in [-0.2, -0.15) is 4.98 Å². The number of amides is 1. The van der Waals surface area contributed by atoms with Gasteiger partial charge in [-0.1, -0.05) is 12.1 Å². The van der Waals surface area contributed by atoms with Crippen LogP contribution in [0, 0.1) is 0 Å². The molecule has 10 heteroatoms. The smallest absolute Gasteiger partial charge is 0.337 e. The van der Waals surface area contributed by atoms with Gasteiger partial charge in [0, 0.05) is 0 Å². The van der Waals surface area contributed by atoms with E-state index in [1.807, 2.05) is 0 Å². The number of rotatable bonds is 4. The summed E-state index contributed by atoms with van der Waals surface area (Å²) >= 11 is 0. The van der Waals surface area contributed by atoms with Gasteiger partial charge in [-0.15, -0.1) is 15.3 Å². The minimum Gasteiger partial charge on any atom is -0.478 e. The van der Waals surface area contributed by atoms with Crippen molar-refractivity contribution in [3.63, 3.8) is 0 Å². The van der Waals surface area contributed by atoms with E-state index in [4.69, 9.17) is 5.11 Å². The van der Waals surface area contributed by atoms with Crippen LogP contribution in [-0.2, 0) is 0 Å². The van der Waals surface area contributed by atoms with Crippen molar-refractivity contribution in [1.82, 2.24) is 29.9 Å². The monoisotopic (exact) mass is 299 g/mol. The van der Waals surface area contributed by atoms with Crippen molar-refractivity contribution in [1.29, 1.82) is 0 Å². The Morgan fingerprint density at radius 1 is 1.18 bits per heavy atom. The number of aromatic amines is 1. The van der Waals surface area contributed by atoms with Gasteiger partial charge in [0.1, 0.15) is 12.7 Å². The number of H-pyrrole nitrogens is 1. The van der Waals surface area contributed by atoms with E-state index in [0.29, 0.717) is 0 Å². The van der Waals surface area contributed by atoms with Gasteiger partial charge in [0.05, 0.1) is 11.3 Å². The number of carbonyl (C=O) groups is 2. The van der Waals surface area contributed by atoms with Gasteiger partial charge in [-0.05, 0) is 12.1 Å². The number of aromatic nitrogens is 6. The van der Waals surface area contributed by atoms with E-state index in [0.717, 1.165) is 0 Å². The van der Waals surface area contributed by atoms with Gasteiger partial charge in [0.25, 0.3) is 11.9 Å². The molecular weight excluding hydrogens is 290 g/mol. The molecule has 0 fully saturated rings. The Balaban J connectivity index is 1.82. The maximum atomic E-state index is 12.1. The summed E-state index contributed by atoms with van der Waals surface area (Å²) in [4.78, 5) is 27.2. The van der Waals surface area contributed by atoms with Crippen molar-refractivity contribution in [2.75, 3.05) is 5.32 Å². The van der Waals surface area contributed by atoms with Crippen LogP contribution in [0.3, 0.4) is 0 Å². The van der Waals surface area contributed by atoms with Gasteiger partial charge in [-0.25, -0.2) is 4.79 Å². The predicted molar refractivity (Wildman–Crippen MR) is 72.7 cm³/mol. The predicted octanol–water partition coefficient (Wildman–Crippen LogP) is 0.336. The third-order valence-electron chi connectivity index (χ3n) is 2.74. The molecule has 3 rings (SSSR count). The number of hydrogen-bond donors (Lipinski definition) is 3. The molecule has 22 heavy (non-hydrogen) atoms. The third-order valence-corrected chi connectivity index (χ3v) is 2.74. The van der Waals surface area contributed by atoms with E-state index in [2.05, 4.69) is 30.7 Å². The maximum Gasteiger partial charge on any atom is 0.337 e. The standard InChI is InChI=1S/C12H9N7O3/c20-10(15-8-4-2-1-3-7(8)11(21)22)9-16-12(18-17-9)19-5-13-14-6-19/h1-6H,(H,15,20)(H,21,22)(H,16,17,18). The van der Waals surface area contributed by atoms with Gasteiger partial charge >= 0.3 is 5.97 Å². The first kappa shape index (κ1) is 13.4. The number of nitrogens with zero attached hydrogens (tertiary/aromatic N) is 5.